The van der Waals surface area contributed by atoms with Gasteiger partial charge in [0, 0.05) is 7.05 Å². The Morgan fingerprint density at radius 3 is 2.73 bits per heavy atom. The number of rotatable bonds is 4. The number of ether oxygens (including phenoxy) is 1. The lowest BCUT2D eigenvalue weighted by molar-refractivity contribution is 0.0527. The average molecular weight is 309 g/mol. The van der Waals surface area contributed by atoms with Gasteiger partial charge in [-0.15, -0.1) is 0 Å². The Morgan fingerprint density at radius 1 is 1.32 bits per heavy atom. The van der Waals surface area contributed by atoms with Gasteiger partial charge in [0.05, 0.1) is 18.4 Å². The van der Waals surface area contributed by atoms with E-state index >= 15 is 0 Å². The van der Waals surface area contributed by atoms with Crippen LogP contribution in [0.3, 0.4) is 0 Å². The molecule has 0 saturated heterocycles. The molecule has 0 atom stereocenters. The van der Waals surface area contributed by atoms with Gasteiger partial charge in [-0.25, -0.2) is 13.6 Å². The van der Waals surface area contributed by atoms with Crippen LogP contribution in [0.5, 0.6) is 0 Å². The molecule has 22 heavy (non-hydrogen) atoms. The molecule has 1 aromatic carbocycles. The third kappa shape index (κ3) is 3.11. The minimum atomic E-state index is -0.897. The van der Waals surface area contributed by atoms with Gasteiger partial charge in [-0.05, 0) is 25.1 Å². The van der Waals surface area contributed by atoms with Crippen molar-refractivity contribution >= 4 is 17.7 Å². The number of aromatic nitrogens is 2. The number of aryl methyl sites for hydroxylation is 1. The number of halogens is 2. The van der Waals surface area contributed by atoms with E-state index in [2.05, 4.69) is 10.4 Å². The number of nitrogens with zero attached hydrogens (tertiary/aromatic N) is 2. The third-order valence-electron chi connectivity index (χ3n) is 2.84. The minimum absolute atomic E-state index is 0.0227. The third-order valence-corrected chi connectivity index (χ3v) is 2.84. The first-order valence-electron chi connectivity index (χ1n) is 6.39. The Kier molecular flexibility index (Phi) is 4.50. The smallest absolute Gasteiger partial charge is 0.343 e. The molecule has 0 fully saturated rings. The maximum atomic E-state index is 13.6. The van der Waals surface area contributed by atoms with Gasteiger partial charge in [-0.1, -0.05) is 0 Å². The molecule has 2 rings (SSSR count). The van der Waals surface area contributed by atoms with Gasteiger partial charge in [-0.3, -0.25) is 9.48 Å². The maximum absolute atomic E-state index is 13.6. The van der Waals surface area contributed by atoms with E-state index in [-0.39, 0.29) is 18.0 Å². The molecule has 6 nitrogen and oxygen atoms in total. The second-order valence-corrected chi connectivity index (χ2v) is 4.33. The normalized spacial score (nSPS) is 10.4. The molecule has 0 spiro atoms. The average Bonchev–Trinajstić information content (AvgIpc) is 2.83. The number of carbonyl (C=O) groups is 2. The predicted octanol–water partition coefficient (Wildman–Crippen LogP) is 2.13. The maximum Gasteiger partial charge on any atom is 0.343 e. The zero-order valence-corrected chi connectivity index (χ0v) is 11.9. The first kappa shape index (κ1) is 15.6. The van der Waals surface area contributed by atoms with Crippen LogP contribution in [0.15, 0.2) is 24.4 Å². The molecule has 1 heterocycles. The highest BCUT2D eigenvalue weighted by atomic mass is 19.1. The molecule has 0 aliphatic heterocycles. The Balaban J connectivity index is 2.31. The van der Waals surface area contributed by atoms with Crippen molar-refractivity contribution in [2.24, 2.45) is 7.05 Å². The fourth-order valence-corrected chi connectivity index (χ4v) is 1.79. The van der Waals surface area contributed by atoms with Gasteiger partial charge in [0.2, 0.25) is 0 Å². The Hall–Kier alpha value is -2.77. The highest BCUT2D eigenvalue weighted by Crippen LogP contribution is 2.18. The summed E-state index contributed by atoms with van der Waals surface area (Å²) in [5, 5.41) is 6.18. The summed E-state index contributed by atoms with van der Waals surface area (Å²) in [7, 11) is 1.49. The summed E-state index contributed by atoms with van der Waals surface area (Å²) in [4.78, 5) is 23.8. The summed E-state index contributed by atoms with van der Waals surface area (Å²) in [6.45, 7) is 1.79. The van der Waals surface area contributed by atoms with Crippen molar-refractivity contribution in [1.82, 2.24) is 9.78 Å². The largest absolute Gasteiger partial charge is 0.462 e. The van der Waals surface area contributed by atoms with Crippen molar-refractivity contribution in [3.05, 3.63) is 47.2 Å². The first-order chi connectivity index (χ1) is 10.4. The van der Waals surface area contributed by atoms with Crippen LogP contribution in [0.25, 0.3) is 0 Å². The Bertz CT molecular complexity index is 728. The number of hydrogen-bond donors (Lipinski definition) is 1. The summed E-state index contributed by atoms with van der Waals surface area (Å²) in [5.41, 5.74) is -0.453. The topological polar surface area (TPSA) is 73.2 Å². The molecular weight excluding hydrogens is 296 g/mol. The molecular formula is C14H13F2N3O3. The first-order valence-corrected chi connectivity index (χ1v) is 6.39. The zero-order valence-electron chi connectivity index (χ0n) is 11.9. The minimum Gasteiger partial charge on any atom is -0.462 e. The van der Waals surface area contributed by atoms with E-state index < -0.39 is 29.1 Å². The highest BCUT2D eigenvalue weighted by molar-refractivity contribution is 6.07. The van der Waals surface area contributed by atoms with Gasteiger partial charge in [-0.2, -0.15) is 5.10 Å². The van der Waals surface area contributed by atoms with E-state index in [1.165, 1.54) is 17.9 Å². The fraction of sp³-hybridized carbons (Fsp3) is 0.214. The molecule has 0 aliphatic rings. The van der Waals surface area contributed by atoms with Crippen LogP contribution in [-0.2, 0) is 11.8 Å². The number of carbonyl (C=O) groups excluding carboxylic acids is 2. The lowest BCUT2D eigenvalue weighted by atomic mass is 10.2. The van der Waals surface area contributed by atoms with E-state index in [1.54, 1.807) is 6.92 Å². The van der Waals surface area contributed by atoms with Crippen LogP contribution < -0.4 is 5.32 Å². The predicted molar refractivity (Wildman–Crippen MR) is 73.5 cm³/mol. The van der Waals surface area contributed by atoms with Gasteiger partial charge in [0.25, 0.3) is 5.91 Å². The van der Waals surface area contributed by atoms with Crippen molar-refractivity contribution in [2.45, 2.75) is 6.92 Å². The van der Waals surface area contributed by atoms with Crippen LogP contribution in [0.4, 0.5) is 14.6 Å². The Labute approximate surface area is 124 Å². The van der Waals surface area contributed by atoms with E-state index in [0.29, 0.717) is 0 Å². The van der Waals surface area contributed by atoms with Crippen molar-refractivity contribution in [2.75, 3.05) is 11.9 Å². The van der Waals surface area contributed by atoms with Crippen LogP contribution in [0, 0.1) is 11.6 Å². The summed E-state index contributed by atoms with van der Waals surface area (Å²) in [6, 6.07) is 2.52. The van der Waals surface area contributed by atoms with Gasteiger partial charge < -0.3 is 10.1 Å². The number of hydrogen-bond acceptors (Lipinski definition) is 4. The highest BCUT2D eigenvalue weighted by Gasteiger charge is 2.21. The SMILES string of the molecule is CCOC(=O)c1cnn(C)c1NC(=O)c1cc(F)ccc1F. The summed E-state index contributed by atoms with van der Waals surface area (Å²) in [6.07, 6.45) is 1.22. The quantitative estimate of drug-likeness (QED) is 0.878. The van der Waals surface area contributed by atoms with Crippen LogP contribution >= 0.6 is 0 Å². The lowest BCUT2D eigenvalue weighted by Crippen LogP contribution is -2.19. The van der Waals surface area contributed by atoms with Crippen molar-refractivity contribution < 1.29 is 23.1 Å². The number of esters is 1. The van der Waals surface area contributed by atoms with Crippen molar-refractivity contribution in [1.29, 1.82) is 0 Å². The lowest BCUT2D eigenvalue weighted by Gasteiger charge is -2.09. The zero-order chi connectivity index (χ0) is 16.3. The second kappa shape index (κ2) is 6.33. The monoisotopic (exact) mass is 309 g/mol. The van der Waals surface area contributed by atoms with Crippen LogP contribution in [-0.4, -0.2) is 28.3 Å². The molecule has 1 N–H and O–H groups in total. The standard InChI is InChI=1S/C14H13F2N3O3/c1-3-22-14(21)10-7-17-19(2)12(10)18-13(20)9-6-8(15)4-5-11(9)16/h4-7H,3H2,1-2H3,(H,18,20). The van der Waals surface area contributed by atoms with E-state index in [4.69, 9.17) is 4.74 Å². The van der Waals surface area contributed by atoms with E-state index in [0.717, 1.165) is 18.2 Å². The molecule has 0 radical (unpaired) electrons. The van der Waals surface area contributed by atoms with Gasteiger partial charge in [0.1, 0.15) is 23.0 Å². The fourth-order valence-electron chi connectivity index (χ4n) is 1.79. The van der Waals surface area contributed by atoms with Crippen LogP contribution in [0.1, 0.15) is 27.6 Å². The van der Waals surface area contributed by atoms with Crippen LogP contribution in [0.2, 0.25) is 0 Å². The number of anilines is 1. The Morgan fingerprint density at radius 2 is 2.05 bits per heavy atom. The van der Waals surface area contributed by atoms with Crippen molar-refractivity contribution in [3.63, 3.8) is 0 Å². The molecule has 1 amide bonds. The number of amides is 1. The van der Waals surface area contributed by atoms with Gasteiger partial charge >= 0.3 is 5.97 Å². The molecule has 8 heteroatoms. The van der Waals surface area contributed by atoms with Gasteiger partial charge in [0.15, 0.2) is 0 Å². The van der Waals surface area contributed by atoms with Crippen molar-refractivity contribution in [3.8, 4) is 0 Å². The number of nitrogens with one attached hydrogen (secondary N) is 1. The molecule has 0 aliphatic carbocycles. The second-order valence-electron chi connectivity index (χ2n) is 4.33. The van der Waals surface area contributed by atoms with E-state index in [1.807, 2.05) is 0 Å². The molecule has 116 valence electrons. The molecule has 0 bridgehead atoms. The summed E-state index contributed by atoms with van der Waals surface area (Å²) < 4.78 is 32.8. The molecule has 0 unspecified atom stereocenters. The molecule has 1 aromatic heterocycles. The van der Waals surface area contributed by atoms with E-state index in [9.17, 15) is 18.4 Å². The number of benzene rings is 1. The molecule has 2 aromatic rings. The summed E-state index contributed by atoms with van der Waals surface area (Å²) >= 11 is 0. The molecule has 0 saturated carbocycles. The summed E-state index contributed by atoms with van der Waals surface area (Å²) in [5.74, 6) is -3.16.